The van der Waals surface area contributed by atoms with Crippen LogP contribution in [0.2, 0.25) is 0 Å². The Bertz CT molecular complexity index is 645. The molecule has 1 fully saturated rings. The van der Waals surface area contributed by atoms with E-state index >= 15 is 0 Å². The molecule has 0 radical (unpaired) electrons. The van der Waals surface area contributed by atoms with Gasteiger partial charge in [0.05, 0.1) is 13.2 Å². The molecule has 3 rings (SSSR count). The van der Waals surface area contributed by atoms with Gasteiger partial charge in [-0.1, -0.05) is 42.5 Å². The van der Waals surface area contributed by atoms with E-state index in [4.69, 9.17) is 0 Å². The molecule has 2 aromatic carbocycles. The first-order valence-electron chi connectivity index (χ1n) is 8.41. The number of aliphatic hydroxyl groups excluding tert-OH is 2. The van der Waals surface area contributed by atoms with E-state index in [1.807, 2.05) is 18.2 Å². The van der Waals surface area contributed by atoms with Crippen LogP contribution < -0.4 is 0 Å². The van der Waals surface area contributed by atoms with Crippen molar-refractivity contribution in [3.05, 3.63) is 59.2 Å². The van der Waals surface area contributed by atoms with Crippen LogP contribution in [-0.2, 0) is 13.2 Å². The lowest BCUT2D eigenvalue weighted by atomic mass is 9.96. The average Bonchev–Trinajstić information content (AvgIpc) is 3.15. The fraction of sp³-hybridized carbons (Fsp3) is 0.400. The SMILES string of the molecule is C[C@@H](c1ccc(-c2ccc(CO)cc2CO)cc1)N1CCCC1. The number of nitrogens with zero attached hydrogens (tertiary/aromatic N) is 1. The van der Waals surface area contributed by atoms with Gasteiger partial charge < -0.3 is 10.2 Å². The van der Waals surface area contributed by atoms with E-state index in [0.717, 1.165) is 22.3 Å². The molecule has 1 aliphatic heterocycles. The van der Waals surface area contributed by atoms with Crippen molar-refractivity contribution in [2.24, 2.45) is 0 Å². The van der Waals surface area contributed by atoms with E-state index in [1.165, 1.54) is 31.5 Å². The van der Waals surface area contributed by atoms with E-state index in [9.17, 15) is 10.2 Å². The smallest absolute Gasteiger partial charge is 0.0687 e. The second-order valence-electron chi connectivity index (χ2n) is 6.35. The Balaban J connectivity index is 1.84. The van der Waals surface area contributed by atoms with Gasteiger partial charge in [0.15, 0.2) is 0 Å². The first-order valence-corrected chi connectivity index (χ1v) is 8.41. The molecule has 0 aliphatic carbocycles. The highest BCUT2D eigenvalue weighted by molar-refractivity contribution is 5.68. The largest absolute Gasteiger partial charge is 0.392 e. The fourth-order valence-corrected chi connectivity index (χ4v) is 3.44. The highest BCUT2D eigenvalue weighted by atomic mass is 16.3. The van der Waals surface area contributed by atoms with Gasteiger partial charge in [0.2, 0.25) is 0 Å². The second kappa shape index (κ2) is 7.26. The molecule has 0 aromatic heterocycles. The van der Waals surface area contributed by atoms with Crippen LogP contribution in [0.3, 0.4) is 0 Å². The van der Waals surface area contributed by atoms with Gasteiger partial charge >= 0.3 is 0 Å². The summed E-state index contributed by atoms with van der Waals surface area (Å²) in [5.41, 5.74) is 5.17. The first kappa shape index (κ1) is 16.2. The topological polar surface area (TPSA) is 43.7 Å². The highest BCUT2D eigenvalue weighted by Crippen LogP contribution is 2.29. The van der Waals surface area contributed by atoms with Crippen molar-refractivity contribution in [2.45, 2.75) is 39.0 Å². The Hall–Kier alpha value is -1.68. The van der Waals surface area contributed by atoms with Gasteiger partial charge in [-0.25, -0.2) is 0 Å². The van der Waals surface area contributed by atoms with Gasteiger partial charge in [-0.2, -0.15) is 0 Å². The predicted octanol–water partition coefficient (Wildman–Crippen LogP) is 3.50. The zero-order valence-corrected chi connectivity index (χ0v) is 13.7. The van der Waals surface area contributed by atoms with Crippen LogP contribution in [0.15, 0.2) is 42.5 Å². The van der Waals surface area contributed by atoms with Crippen LogP contribution in [-0.4, -0.2) is 28.2 Å². The van der Waals surface area contributed by atoms with E-state index in [1.54, 1.807) is 0 Å². The lowest BCUT2D eigenvalue weighted by molar-refractivity contribution is 0.263. The zero-order valence-electron chi connectivity index (χ0n) is 13.7. The molecule has 0 unspecified atom stereocenters. The van der Waals surface area contributed by atoms with Crippen LogP contribution in [0, 0.1) is 0 Å². The summed E-state index contributed by atoms with van der Waals surface area (Å²) in [6.45, 7) is 4.64. The molecule has 1 heterocycles. The number of hydrogen-bond acceptors (Lipinski definition) is 3. The number of hydrogen-bond donors (Lipinski definition) is 2. The van der Waals surface area contributed by atoms with Crippen LogP contribution in [0.4, 0.5) is 0 Å². The van der Waals surface area contributed by atoms with Crippen molar-refractivity contribution in [2.75, 3.05) is 13.1 Å². The van der Waals surface area contributed by atoms with Gasteiger partial charge in [0.1, 0.15) is 0 Å². The molecule has 2 N–H and O–H groups in total. The summed E-state index contributed by atoms with van der Waals surface area (Å²) in [4.78, 5) is 2.53. The molecule has 3 heteroatoms. The molecule has 122 valence electrons. The third-order valence-electron chi connectivity index (χ3n) is 4.92. The van der Waals surface area contributed by atoms with E-state index in [2.05, 4.69) is 36.1 Å². The Morgan fingerprint density at radius 3 is 2.26 bits per heavy atom. The van der Waals surface area contributed by atoms with E-state index in [-0.39, 0.29) is 13.2 Å². The van der Waals surface area contributed by atoms with Gasteiger partial charge in [-0.15, -0.1) is 0 Å². The van der Waals surface area contributed by atoms with Crippen molar-refractivity contribution in [3.8, 4) is 11.1 Å². The van der Waals surface area contributed by atoms with Crippen LogP contribution in [0.1, 0.15) is 42.5 Å². The van der Waals surface area contributed by atoms with Gasteiger partial charge in [-0.3, -0.25) is 4.90 Å². The maximum Gasteiger partial charge on any atom is 0.0687 e. The summed E-state index contributed by atoms with van der Waals surface area (Å²) in [6.07, 6.45) is 2.61. The Morgan fingerprint density at radius 1 is 0.957 bits per heavy atom. The maximum atomic E-state index is 9.60. The fourth-order valence-electron chi connectivity index (χ4n) is 3.44. The number of benzene rings is 2. The van der Waals surface area contributed by atoms with Crippen molar-refractivity contribution in [3.63, 3.8) is 0 Å². The summed E-state index contributed by atoms with van der Waals surface area (Å²) in [6, 6.07) is 14.9. The molecule has 1 saturated heterocycles. The minimum Gasteiger partial charge on any atom is -0.392 e. The van der Waals surface area contributed by atoms with Crippen LogP contribution in [0.5, 0.6) is 0 Å². The molecule has 0 saturated carbocycles. The van der Waals surface area contributed by atoms with Gasteiger partial charge in [0, 0.05) is 6.04 Å². The molecule has 2 aromatic rings. The van der Waals surface area contributed by atoms with Crippen LogP contribution in [0.25, 0.3) is 11.1 Å². The Labute approximate surface area is 138 Å². The minimum atomic E-state index is -0.0187. The number of aliphatic hydroxyl groups is 2. The molecule has 1 aliphatic rings. The monoisotopic (exact) mass is 311 g/mol. The van der Waals surface area contributed by atoms with E-state index in [0.29, 0.717) is 6.04 Å². The third kappa shape index (κ3) is 3.47. The molecule has 0 amide bonds. The highest BCUT2D eigenvalue weighted by Gasteiger charge is 2.19. The van der Waals surface area contributed by atoms with E-state index < -0.39 is 0 Å². The molecular formula is C20H25NO2. The van der Waals surface area contributed by atoms with Crippen molar-refractivity contribution < 1.29 is 10.2 Å². The minimum absolute atomic E-state index is 0.000429. The summed E-state index contributed by atoms with van der Waals surface area (Å²) in [7, 11) is 0. The molecule has 23 heavy (non-hydrogen) atoms. The normalized spacial score (nSPS) is 16.7. The number of likely N-dealkylation sites (tertiary alicyclic amines) is 1. The first-order chi connectivity index (χ1) is 11.2. The van der Waals surface area contributed by atoms with Crippen LogP contribution >= 0.6 is 0 Å². The maximum absolute atomic E-state index is 9.60. The Kier molecular flexibility index (Phi) is 5.11. The predicted molar refractivity (Wildman–Crippen MR) is 92.9 cm³/mol. The quantitative estimate of drug-likeness (QED) is 0.888. The lowest BCUT2D eigenvalue weighted by Gasteiger charge is -2.24. The lowest BCUT2D eigenvalue weighted by Crippen LogP contribution is -2.23. The summed E-state index contributed by atoms with van der Waals surface area (Å²) < 4.78 is 0. The van der Waals surface area contributed by atoms with Crippen molar-refractivity contribution in [1.29, 1.82) is 0 Å². The standard InChI is InChI=1S/C20H25NO2/c1-15(21-10-2-3-11-21)17-5-7-18(8-6-17)20-9-4-16(13-22)12-19(20)14-23/h4-9,12,15,22-23H,2-3,10-11,13-14H2,1H3/t15-/m0/s1. The van der Waals surface area contributed by atoms with Crippen molar-refractivity contribution in [1.82, 2.24) is 4.90 Å². The Morgan fingerprint density at radius 2 is 1.65 bits per heavy atom. The summed E-state index contributed by atoms with van der Waals surface area (Å²) in [5.74, 6) is 0. The summed E-state index contributed by atoms with van der Waals surface area (Å²) in [5, 5.41) is 18.8. The average molecular weight is 311 g/mol. The zero-order chi connectivity index (χ0) is 16.2. The molecule has 0 bridgehead atoms. The molecule has 1 atom stereocenters. The van der Waals surface area contributed by atoms with Gasteiger partial charge in [0.25, 0.3) is 0 Å². The summed E-state index contributed by atoms with van der Waals surface area (Å²) >= 11 is 0. The molecule has 3 nitrogen and oxygen atoms in total. The molecule has 0 spiro atoms. The number of rotatable bonds is 5. The van der Waals surface area contributed by atoms with Gasteiger partial charge in [-0.05, 0) is 60.7 Å². The third-order valence-corrected chi connectivity index (χ3v) is 4.92. The second-order valence-corrected chi connectivity index (χ2v) is 6.35. The van der Waals surface area contributed by atoms with Crippen molar-refractivity contribution >= 4 is 0 Å². The molecular weight excluding hydrogens is 286 g/mol.